The molecule has 0 bridgehead atoms. The Morgan fingerprint density at radius 1 is 1.19 bits per heavy atom. The van der Waals surface area contributed by atoms with Gasteiger partial charge in [0.1, 0.15) is 5.82 Å². The molecule has 1 amide bonds. The number of hydrogen-bond acceptors (Lipinski definition) is 3. The highest BCUT2D eigenvalue weighted by Crippen LogP contribution is 2.17. The standard InChI is InChI=1S/C15H14ClFN2O2/c16-13-4-2-1-3-11(13)8-21-9-12-7-10(15(20)19-18)5-6-14(12)17/h1-7H,8-9,18H2,(H,19,20). The van der Waals surface area contributed by atoms with Crippen LogP contribution >= 0.6 is 11.6 Å². The van der Waals surface area contributed by atoms with Crippen LogP contribution in [0.3, 0.4) is 0 Å². The Bertz CT molecular complexity index is 649. The van der Waals surface area contributed by atoms with Gasteiger partial charge in [-0.3, -0.25) is 10.2 Å². The predicted molar refractivity (Wildman–Crippen MR) is 78.0 cm³/mol. The number of nitrogens with one attached hydrogen (secondary N) is 1. The molecule has 2 aromatic carbocycles. The van der Waals surface area contributed by atoms with E-state index in [2.05, 4.69) is 0 Å². The molecule has 3 N–H and O–H groups in total. The van der Waals surface area contributed by atoms with Crippen molar-refractivity contribution >= 4 is 17.5 Å². The van der Waals surface area contributed by atoms with E-state index in [1.165, 1.54) is 18.2 Å². The van der Waals surface area contributed by atoms with Gasteiger partial charge in [0.05, 0.1) is 13.2 Å². The Kier molecular flexibility index (Phi) is 5.27. The lowest BCUT2D eigenvalue weighted by molar-refractivity contribution is 0.0951. The lowest BCUT2D eigenvalue weighted by Gasteiger charge is -2.08. The Morgan fingerprint density at radius 2 is 1.90 bits per heavy atom. The number of amides is 1. The number of nitrogen functional groups attached to an aromatic ring is 1. The molecule has 0 aliphatic heterocycles. The van der Waals surface area contributed by atoms with Crippen molar-refractivity contribution in [3.8, 4) is 0 Å². The van der Waals surface area contributed by atoms with Crippen LogP contribution in [0.5, 0.6) is 0 Å². The number of nitrogens with two attached hydrogens (primary N) is 1. The average Bonchev–Trinajstić information content (AvgIpc) is 2.50. The molecule has 0 aliphatic carbocycles. The number of carbonyl (C=O) groups excluding carboxylic acids is 1. The second-order valence-electron chi connectivity index (χ2n) is 4.36. The van der Waals surface area contributed by atoms with Crippen molar-refractivity contribution in [1.82, 2.24) is 5.43 Å². The zero-order valence-electron chi connectivity index (χ0n) is 11.1. The molecule has 21 heavy (non-hydrogen) atoms. The normalized spacial score (nSPS) is 10.4. The third-order valence-electron chi connectivity index (χ3n) is 2.91. The van der Waals surface area contributed by atoms with E-state index in [0.717, 1.165) is 5.56 Å². The molecule has 0 saturated heterocycles. The highest BCUT2D eigenvalue weighted by atomic mass is 35.5. The van der Waals surface area contributed by atoms with Crippen molar-refractivity contribution < 1.29 is 13.9 Å². The number of halogens is 2. The predicted octanol–water partition coefficient (Wildman–Crippen LogP) is 2.80. The summed E-state index contributed by atoms with van der Waals surface area (Å²) in [5, 5.41) is 0.592. The molecule has 0 radical (unpaired) electrons. The zero-order chi connectivity index (χ0) is 15.2. The fraction of sp³-hybridized carbons (Fsp3) is 0.133. The molecule has 4 nitrogen and oxygen atoms in total. The first-order chi connectivity index (χ1) is 10.1. The molecule has 0 unspecified atom stereocenters. The summed E-state index contributed by atoms with van der Waals surface area (Å²) >= 11 is 6.00. The highest BCUT2D eigenvalue weighted by molar-refractivity contribution is 6.31. The minimum Gasteiger partial charge on any atom is -0.372 e. The first kappa shape index (κ1) is 15.4. The number of ether oxygens (including phenoxy) is 1. The molecule has 0 atom stereocenters. The van der Waals surface area contributed by atoms with E-state index in [0.29, 0.717) is 5.02 Å². The van der Waals surface area contributed by atoms with Gasteiger partial charge in [0.2, 0.25) is 0 Å². The average molecular weight is 309 g/mol. The van der Waals surface area contributed by atoms with Crippen molar-refractivity contribution in [3.05, 3.63) is 70.0 Å². The lowest BCUT2D eigenvalue weighted by Crippen LogP contribution is -2.30. The maximum Gasteiger partial charge on any atom is 0.265 e. The van der Waals surface area contributed by atoms with E-state index < -0.39 is 11.7 Å². The van der Waals surface area contributed by atoms with Crippen LogP contribution in [0.4, 0.5) is 4.39 Å². The number of benzene rings is 2. The van der Waals surface area contributed by atoms with Crippen LogP contribution in [0, 0.1) is 5.82 Å². The van der Waals surface area contributed by atoms with Crippen molar-refractivity contribution in [2.24, 2.45) is 5.84 Å². The Morgan fingerprint density at radius 3 is 2.62 bits per heavy atom. The second kappa shape index (κ2) is 7.17. The summed E-state index contributed by atoms with van der Waals surface area (Å²) < 4.78 is 19.1. The van der Waals surface area contributed by atoms with E-state index >= 15 is 0 Å². The molecule has 0 saturated carbocycles. The van der Waals surface area contributed by atoms with E-state index in [1.807, 2.05) is 23.6 Å². The van der Waals surface area contributed by atoms with Crippen LogP contribution in [0.15, 0.2) is 42.5 Å². The van der Waals surface area contributed by atoms with Crippen LogP contribution in [0.25, 0.3) is 0 Å². The van der Waals surface area contributed by atoms with E-state index in [1.54, 1.807) is 6.07 Å². The van der Waals surface area contributed by atoms with E-state index in [-0.39, 0.29) is 24.3 Å². The van der Waals surface area contributed by atoms with Gasteiger partial charge in [-0.2, -0.15) is 0 Å². The molecular formula is C15H14ClFN2O2. The maximum atomic E-state index is 13.7. The number of carbonyl (C=O) groups is 1. The molecule has 0 heterocycles. The zero-order valence-corrected chi connectivity index (χ0v) is 11.9. The summed E-state index contributed by atoms with van der Waals surface area (Å²) in [7, 11) is 0. The fourth-order valence-corrected chi connectivity index (χ4v) is 1.99. The Balaban J connectivity index is 2.03. The summed E-state index contributed by atoms with van der Waals surface area (Å²) in [6, 6.07) is 11.2. The molecule has 2 aromatic rings. The third kappa shape index (κ3) is 4.01. The highest BCUT2D eigenvalue weighted by Gasteiger charge is 2.09. The number of hydrazine groups is 1. The Labute approximate surface area is 126 Å². The van der Waals surface area contributed by atoms with Crippen LogP contribution in [0.1, 0.15) is 21.5 Å². The van der Waals surface area contributed by atoms with Gasteiger partial charge in [-0.25, -0.2) is 10.2 Å². The summed E-state index contributed by atoms with van der Waals surface area (Å²) in [6.07, 6.45) is 0. The van der Waals surface area contributed by atoms with Gasteiger partial charge in [-0.15, -0.1) is 0 Å². The Hall–Kier alpha value is -1.95. The van der Waals surface area contributed by atoms with Crippen LogP contribution in [-0.2, 0) is 18.0 Å². The molecule has 0 aliphatic rings. The van der Waals surface area contributed by atoms with Gasteiger partial charge in [0, 0.05) is 16.1 Å². The third-order valence-corrected chi connectivity index (χ3v) is 3.28. The topological polar surface area (TPSA) is 64.3 Å². The lowest BCUT2D eigenvalue weighted by atomic mass is 10.1. The van der Waals surface area contributed by atoms with Gasteiger partial charge in [0.25, 0.3) is 5.91 Å². The minimum atomic E-state index is -0.484. The maximum absolute atomic E-state index is 13.7. The van der Waals surface area contributed by atoms with Crippen molar-refractivity contribution in [1.29, 1.82) is 0 Å². The quantitative estimate of drug-likeness (QED) is 0.507. The minimum absolute atomic E-state index is 0.0305. The first-order valence-electron chi connectivity index (χ1n) is 6.22. The molecule has 6 heteroatoms. The summed E-state index contributed by atoms with van der Waals surface area (Å²) in [5.74, 6) is 4.12. The monoisotopic (exact) mass is 308 g/mol. The molecule has 2 rings (SSSR count). The summed E-state index contributed by atoms with van der Waals surface area (Å²) in [6.45, 7) is 0.287. The second-order valence-corrected chi connectivity index (χ2v) is 4.77. The van der Waals surface area contributed by atoms with Gasteiger partial charge < -0.3 is 4.74 Å². The van der Waals surface area contributed by atoms with E-state index in [4.69, 9.17) is 22.2 Å². The molecule has 0 aromatic heterocycles. The van der Waals surface area contributed by atoms with Crippen LogP contribution < -0.4 is 11.3 Å². The van der Waals surface area contributed by atoms with Gasteiger partial charge in [0.15, 0.2) is 0 Å². The summed E-state index contributed by atoms with van der Waals surface area (Å²) in [5.41, 5.74) is 3.37. The van der Waals surface area contributed by atoms with Crippen molar-refractivity contribution in [3.63, 3.8) is 0 Å². The van der Waals surface area contributed by atoms with Gasteiger partial charge in [-0.05, 0) is 29.8 Å². The van der Waals surface area contributed by atoms with Crippen molar-refractivity contribution in [2.45, 2.75) is 13.2 Å². The smallest absolute Gasteiger partial charge is 0.265 e. The SMILES string of the molecule is NNC(=O)c1ccc(F)c(COCc2ccccc2Cl)c1. The molecule has 0 spiro atoms. The first-order valence-corrected chi connectivity index (χ1v) is 6.60. The van der Waals surface area contributed by atoms with Crippen LogP contribution in [0.2, 0.25) is 5.02 Å². The fourth-order valence-electron chi connectivity index (χ4n) is 1.80. The van der Waals surface area contributed by atoms with Gasteiger partial charge >= 0.3 is 0 Å². The number of rotatable bonds is 5. The molecule has 110 valence electrons. The van der Waals surface area contributed by atoms with Gasteiger partial charge in [-0.1, -0.05) is 29.8 Å². The van der Waals surface area contributed by atoms with E-state index in [9.17, 15) is 9.18 Å². The molecule has 0 fully saturated rings. The van der Waals surface area contributed by atoms with Crippen molar-refractivity contribution in [2.75, 3.05) is 0 Å². The van der Waals surface area contributed by atoms with Crippen LogP contribution in [-0.4, -0.2) is 5.91 Å². The number of hydrogen-bond donors (Lipinski definition) is 2. The summed E-state index contributed by atoms with van der Waals surface area (Å²) in [4.78, 5) is 11.4. The largest absolute Gasteiger partial charge is 0.372 e. The molecular weight excluding hydrogens is 295 g/mol.